The van der Waals surface area contributed by atoms with Gasteiger partial charge < -0.3 is 9.57 Å². The molecule has 3 aromatic carbocycles. The monoisotopic (exact) mass is 403 g/mol. The van der Waals surface area contributed by atoms with Crippen molar-refractivity contribution in [1.29, 1.82) is 0 Å². The molecule has 2 atom stereocenters. The number of hydrogen-bond acceptors (Lipinski definition) is 4. The van der Waals surface area contributed by atoms with Crippen LogP contribution in [0.5, 0.6) is 0 Å². The summed E-state index contributed by atoms with van der Waals surface area (Å²) in [6.07, 6.45) is 0.911. The van der Waals surface area contributed by atoms with Gasteiger partial charge in [0, 0.05) is 22.5 Å². The second kappa shape index (κ2) is 10.2. The largest absolute Gasteiger partial charge is 0.478 e. The first-order chi connectivity index (χ1) is 14.4. The van der Waals surface area contributed by atoms with Crippen LogP contribution in [0.4, 0.5) is 0 Å². The quantitative estimate of drug-likeness (QED) is 0.351. The van der Waals surface area contributed by atoms with Crippen LogP contribution in [0.1, 0.15) is 11.1 Å². The number of thioether (sulfide) groups is 1. The summed E-state index contributed by atoms with van der Waals surface area (Å²) in [6, 6.07) is 31.2. The standard InChI is InChI=1S/C25H25NO2S/c1-4-10-20(11-5-1)16-24-22(19-29-23-14-8-3-9-15-23)18-27-25(24)26-28-17-21-12-6-2-7-13-21/h1-15,22,24H,16-19H2/b26-25-/t22-,24+/m1/s1. The zero-order valence-electron chi connectivity index (χ0n) is 16.3. The van der Waals surface area contributed by atoms with Crippen LogP contribution >= 0.6 is 11.8 Å². The molecule has 1 saturated heterocycles. The van der Waals surface area contributed by atoms with Gasteiger partial charge >= 0.3 is 0 Å². The molecule has 1 aliphatic heterocycles. The highest BCUT2D eigenvalue weighted by Crippen LogP contribution is 2.32. The fourth-order valence-corrected chi connectivity index (χ4v) is 4.55. The summed E-state index contributed by atoms with van der Waals surface area (Å²) in [5.74, 6) is 2.35. The molecule has 0 radical (unpaired) electrons. The average Bonchev–Trinajstić information content (AvgIpc) is 3.16. The molecule has 1 heterocycles. The number of oxime groups is 1. The van der Waals surface area contributed by atoms with Crippen molar-refractivity contribution in [1.82, 2.24) is 0 Å². The van der Waals surface area contributed by atoms with Gasteiger partial charge in [-0.1, -0.05) is 84.0 Å². The molecule has 4 rings (SSSR count). The number of hydrogen-bond donors (Lipinski definition) is 0. The van der Waals surface area contributed by atoms with Crippen molar-refractivity contribution >= 4 is 17.7 Å². The van der Waals surface area contributed by atoms with Gasteiger partial charge in [-0.05, 0) is 29.7 Å². The van der Waals surface area contributed by atoms with E-state index in [1.54, 1.807) is 0 Å². The van der Waals surface area contributed by atoms with Crippen LogP contribution in [0.15, 0.2) is 101 Å². The second-order valence-electron chi connectivity index (χ2n) is 7.18. The molecule has 0 unspecified atom stereocenters. The second-order valence-corrected chi connectivity index (χ2v) is 8.27. The Kier molecular flexibility index (Phi) is 6.87. The molecule has 0 saturated carbocycles. The Morgan fingerprint density at radius 1 is 0.828 bits per heavy atom. The SMILES string of the molecule is c1ccc(CO/N=C2\OC[C@H](CSc3ccccc3)[C@@H]2Cc2ccccc2)cc1. The van der Waals surface area contributed by atoms with E-state index in [9.17, 15) is 0 Å². The maximum Gasteiger partial charge on any atom is 0.229 e. The summed E-state index contributed by atoms with van der Waals surface area (Å²) in [5, 5.41) is 4.39. The van der Waals surface area contributed by atoms with E-state index in [-0.39, 0.29) is 5.92 Å². The molecular formula is C25H25NO2S. The molecule has 0 spiro atoms. The smallest absolute Gasteiger partial charge is 0.229 e. The topological polar surface area (TPSA) is 30.8 Å². The van der Waals surface area contributed by atoms with Crippen LogP contribution in [0, 0.1) is 11.8 Å². The molecule has 29 heavy (non-hydrogen) atoms. The van der Waals surface area contributed by atoms with Crippen molar-refractivity contribution in [2.75, 3.05) is 12.4 Å². The van der Waals surface area contributed by atoms with Gasteiger partial charge in [-0.3, -0.25) is 0 Å². The van der Waals surface area contributed by atoms with Crippen molar-refractivity contribution in [3.8, 4) is 0 Å². The average molecular weight is 404 g/mol. The van der Waals surface area contributed by atoms with Gasteiger partial charge in [-0.25, -0.2) is 0 Å². The summed E-state index contributed by atoms with van der Waals surface area (Å²) in [7, 11) is 0. The Bertz CT molecular complexity index is 900. The lowest BCUT2D eigenvalue weighted by Crippen LogP contribution is -2.21. The first-order valence-corrected chi connectivity index (χ1v) is 11.0. The molecule has 0 aliphatic carbocycles. The summed E-state index contributed by atoms with van der Waals surface area (Å²) in [4.78, 5) is 6.93. The van der Waals surface area contributed by atoms with Gasteiger partial charge in [0.2, 0.25) is 5.90 Å². The Hall–Kier alpha value is -2.72. The number of nitrogens with zero attached hydrogens (tertiary/aromatic N) is 1. The van der Waals surface area contributed by atoms with Crippen LogP contribution in [0.25, 0.3) is 0 Å². The summed E-state index contributed by atoms with van der Waals surface area (Å²) in [5.41, 5.74) is 2.40. The van der Waals surface area contributed by atoms with Crippen LogP contribution in [-0.4, -0.2) is 18.3 Å². The normalized spacial score (nSPS) is 19.8. The third kappa shape index (κ3) is 5.64. The van der Waals surface area contributed by atoms with Gasteiger partial charge in [0.05, 0.1) is 6.61 Å². The first kappa shape index (κ1) is 19.6. The van der Waals surface area contributed by atoms with E-state index in [4.69, 9.17) is 9.57 Å². The lowest BCUT2D eigenvalue weighted by atomic mass is 9.90. The molecule has 0 N–H and O–H groups in total. The van der Waals surface area contributed by atoms with Crippen LogP contribution in [0.3, 0.4) is 0 Å². The molecule has 3 nitrogen and oxygen atoms in total. The highest BCUT2D eigenvalue weighted by molar-refractivity contribution is 7.99. The molecule has 0 aromatic heterocycles. The van der Waals surface area contributed by atoms with Gasteiger partial charge in [0.15, 0.2) is 0 Å². The maximum atomic E-state index is 5.99. The highest BCUT2D eigenvalue weighted by atomic mass is 32.2. The molecule has 1 fully saturated rings. The minimum atomic E-state index is 0.226. The molecule has 3 aromatic rings. The lowest BCUT2D eigenvalue weighted by Gasteiger charge is -2.16. The van der Waals surface area contributed by atoms with E-state index in [0.717, 1.165) is 23.6 Å². The predicted molar refractivity (Wildman–Crippen MR) is 119 cm³/mol. The van der Waals surface area contributed by atoms with Gasteiger partial charge in [-0.15, -0.1) is 11.8 Å². The van der Waals surface area contributed by atoms with Crippen LogP contribution in [-0.2, 0) is 22.6 Å². The zero-order valence-corrected chi connectivity index (χ0v) is 17.1. The van der Waals surface area contributed by atoms with Crippen molar-refractivity contribution in [2.45, 2.75) is 17.9 Å². The van der Waals surface area contributed by atoms with E-state index in [1.165, 1.54) is 10.5 Å². The Labute approximate surface area is 176 Å². The molecular weight excluding hydrogens is 378 g/mol. The summed E-state index contributed by atoms with van der Waals surface area (Å²) >= 11 is 1.88. The minimum Gasteiger partial charge on any atom is -0.478 e. The van der Waals surface area contributed by atoms with Crippen molar-refractivity contribution in [2.24, 2.45) is 17.0 Å². The van der Waals surface area contributed by atoms with E-state index in [0.29, 0.717) is 19.1 Å². The molecule has 4 heteroatoms. The third-order valence-electron chi connectivity index (χ3n) is 5.07. The van der Waals surface area contributed by atoms with Crippen LogP contribution in [0.2, 0.25) is 0 Å². The van der Waals surface area contributed by atoms with Crippen molar-refractivity contribution in [3.63, 3.8) is 0 Å². The number of ether oxygens (including phenoxy) is 1. The van der Waals surface area contributed by atoms with E-state index < -0.39 is 0 Å². The number of benzene rings is 3. The van der Waals surface area contributed by atoms with Crippen molar-refractivity contribution < 1.29 is 9.57 Å². The lowest BCUT2D eigenvalue weighted by molar-refractivity contribution is 0.120. The third-order valence-corrected chi connectivity index (χ3v) is 6.27. The zero-order chi connectivity index (χ0) is 19.7. The van der Waals surface area contributed by atoms with E-state index in [2.05, 4.69) is 65.8 Å². The molecule has 0 amide bonds. The Morgan fingerprint density at radius 2 is 1.45 bits per heavy atom. The molecule has 0 bridgehead atoms. The minimum absolute atomic E-state index is 0.226. The van der Waals surface area contributed by atoms with Gasteiger partial charge in [0.25, 0.3) is 0 Å². The number of rotatable bonds is 8. The van der Waals surface area contributed by atoms with Gasteiger partial charge in [0.1, 0.15) is 6.61 Å². The van der Waals surface area contributed by atoms with E-state index in [1.807, 2.05) is 42.1 Å². The molecule has 1 aliphatic rings. The Balaban J connectivity index is 1.43. The van der Waals surface area contributed by atoms with Gasteiger partial charge in [-0.2, -0.15) is 0 Å². The van der Waals surface area contributed by atoms with E-state index >= 15 is 0 Å². The fourth-order valence-electron chi connectivity index (χ4n) is 3.46. The fraction of sp³-hybridized carbons (Fsp3) is 0.240. The Morgan fingerprint density at radius 3 is 2.14 bits per heavy atom. The molecule has 148 valence electrons. The summed E-state index contributed by atoms with van der Waals surface area (Å²) < 4.78 is 5.99. The first-order valence-electron chi connectivity index (χ1n) is 9.97. The summed E-state index contributed by atoms with van der Waals surface area (Å²) in [6.45, 7) is 1.14. The highest BCUT2D eigenvalue weighted by Gasteiger charge is 2.35. The van der Waals surface area contributed by atoms with Crippen LogP contribution < -0.4 is 0 Å². The maximum absolute atomic E-state index is 5.99. The predicted octanol–water partition coefficient (Wildman–Crippen LogP) is 5.81. The van der Waals surface area contributed by atoms with Crippen molar-refractivity contribution in [3.05, 3.63) is 102 Å².